The summed E-state index contributed by atoms with van der Waals surface area (Å²) < 4.78 is 16.1. The molecule has 2 aromatic heterocycles. The van der Waals surface area contributed by atoms with Crippen LogP contribution in [-0.2, 0) is 20.0 Å². The molecule has 0 fully saturated rings. The standard InChI is InChI=1S/C15H22FN5/c1-6-12-13(16)15(18-9-17-12)20(4)7-11-8-21(5)19-14(11)10(2)3/h8-10H,6-7H2,1-5H3. The Morgan fingerprint density at radius 3 is 2.67 bits per heavy atom. The summed E-state index contributed by atoms with van der Waals surface area (Å²) in [6.07, 6.45) is 3.95. The molecule has 21 heavy (non-hydrogen) atoms. The number of hydrogen-bond acceptors (Lipinski definition) is 4. The van der Waals surface area contributed by atoms with Crippen LogP contribution in [0.5, 0.6) is 0 Å². The van der Waals surface area contributed by atoms with Crippen molar-refractivity contribution in [1.29, 1.82) is 0 Å². The second-order valence-corrected chi connectivity index (χ2v) is 5.54. The highest BCUT2D eigenvalue weighted by atomic mass is 19.1. The monoisotopic (exact) mass is 291 g/mol. The highest BCUT2D eigenvalue weighted by Crippen LogP contribution is 2.22. The van der Waals surface area contributed by atoms with Gasteiger partial charge in [0.1, 0.15) is 6.33 Å². The van der Waals surface area contributed by atoms with Gasteiger partial charge in [0.15, 0.2) is 11.6 Å². The summed E-state index contributed by atoms with van der Waals surface area (Å²) in [5.41, 5.74) is 2.57. The van der Waals surface area contributed by atoms with Crippen molar-refractivity contribution >= 4 is 5.82 Å². The van der Waals surface area contributed by atoms with E-state index < -0.39 is 0 Å². The Morgan fingerprint density at radius 2 is 2.05 bits per heavy atom. The van der Waals surface area contributed by atoms with E-state index in [2.05, 4.69) is 28.9 Å². The first-order valence-corrected chi connectivity index (χ1v) is 7.16. The molecule has 0 amide bonds. The summed E-state index contributed by atoms with van der Waals surface area (Å²) in [4.78, 5) is 9.85. The highest BCUT2D eigenvalue weighted by Gasteiger charge is 2.17. The van der Waals surface area contributed by atoms with E-state index in [1.54, 1.807) is 9.58 Å². The van der Waals surface area contributed by atoms with E-state index >= 15 is 0 Å². The van der Waals surface area contributed by atoms with Crippen LogP contribution >= 0.6 is 0 Å². The topological polar surface area (TPSA) is 46.8 Å². The molecule has 0 unspecified atom stereocenters. The molecule has 114 valence electrons. The van der Waals surface area contributed by atoms with E-state index in [-0.39, 0.29) is 5.82 Å². The molecule has 2 heterocycles. The predicted octanol–water partition coefficient (Wildman–Crippen LogP) is 2.67. The number of rotatable bonds is 5. The van der Waals surface area contributed by atoms with E-state index in [0.29, 0.717) is 30.4 Å². The lowest BCUT2D eigenvalue weighted by Gasteiger charge is -2.19. The fraction of sp³-hybridized carbons (Fsp3) is 0.533. The molecule has 6 heteroatoms. The number of aromatic nitrogens is 4. The van der Waals surface area contributed by atoms with Gasteiger partial charge in [-0.2, -0.15) is 5.10 Å². The Balaban J connectivity index is 2.28. The molecule has 0 N–H and O–H groups in total. The Hall–Kier alpha value is -1.98. The van der Waals surface area contributed by atoms with Gasteiger partial charge in [-0.25, -0.2) is 14.4 Å². The van der Waals surface area contributed by atoms with Gasteiger partial charge in [-0.15, -0.1) is 0 Å². The van der Waals surface area contributed by atoms with Crippen LogP contribution in [0.15, 0.2) is 12.5 Å². The quantitative estimate of drug-likeness (QED) is 0.849. The second kappa shape index (κ2) is 6.20. The lowest BCUT2D eigenvalue weighted by atomic mass is 10.1. The van der Waals surface area contributed by atoms with Gasteiger partial charge in [0.05, 0.1) is 11.4 Å². The van der Waals surface area contributed by atoms with Crippen molar-refractivity contribution in [3.63, 3.8) is 0 Å². The lowest BCUT2D eigenvalue weighted by molar-refractivity contribution is 0.587. The average Bonchev–Trinajstić information content (AvgIpc) is 2.80. The molecule has 2 aromatic rings. The Morgan fingerprint density at radius 1 is 1.33 bits per heavy atom. The van der Waals surface area contributed by atoms with Crippen molar-refractivity contribution in [3.05, 3.63) is 35.3 Å². The van der Waals surface area contributed by atoms with Crippen LogP contribution in [-0.4, -0.2) is 26.8 Å². The molecule has 0 aliphatic rings. The van der Waals surface area contributed by atoms with Crippen LogP contribution < -0.4 is 4.90 Å². The van der Waals surface area contributed by atoms with Crippen molar-refractivity contribution in [2.75, 3.05) is 11.9 Å². The van der Waals surface area contributed by atoms with Gasteiger partial charge in [-0.05, 0) is 12.3 Å². The van der Waals surface area contributed by atoms with E-state index in [9.17, 15) is 4.39 Å². The minimum absolute atomic E-state index is 0.330. The first-order valence-electron chi connectivity index (χ1n) is 7.16. The van der Waals surface area contributed by atoms with Gasteiger partial charge in [0.2, 0.25) is 0 Å². The third-order valence-corrected chi connectivity index (χ3v) is 3.43. The first-order chi connectivity index (χ1) is 9.93. The maximum atomic E-state index is 14.3. The van der Waals surface area contributed by atoms with E-state index in [1.807, 2.05) is 27.2 Å². The van der Waals surface area contributed by atoms with Gasteiger partial charge in [0, 0.05) is 32.4 Å². The number of halogens is 1. The van der Waals surface area contributed by atoms with Crippen molar-refractivity contribution in [3.8, 4) is 0 Å². The minimum Gasteiger partial charge on any atom is -0.353 e. The first kappa shape index (κ1) is 15.4. The third-order valence-electron chi connectivity index (χ3n) is 3.43. The van der Waals surface area contributed by atoms with Crippen molar-refractivity contribution in [2.45, 2.75) is 39.7 Å². The fourth-order valence-corrected chi connectivity index (χ4v) is 2.40. The maximum absolute atomic E-state index is 14.3. The van der Waals surface area contributed by atoms with Gasteiger partial charge in [-0.3, -0.25) is 4.68 Å². The van der Waals surface area contributed by atoms with Gasteiger partial charge in [0.25, 0.3) is 0 Å². The van der Waals surface area contributed by atoms with Gasteiger partial charge < -0.3 is 4.90 Å². The zero-order valence-electron chi connectivity index (χ0n) is 13.3. The Labute approximate surface area is 124 Å². The molecule has 0 aliphatic heterocycles. The molecule has 0 bridgehead atoms. The van der Waals surface area contributed by atoms with Crippen LogP contribution in [0.2, 0.25) is 0 Å². The number of anilines is 1. The van der Waals surface area contributed by atoms with Crippen LogP contribution in [0.25, 0.3) is 0 Å². The molecule has 0 radical (unpaired) electrons. The summed E-state index contributed by atoms with van der Waals surface area (Å²) in [6, 6.07) is 0. The van der Waals surface area contributed by atoms with Crippen molar-refractivity contribution in [1.82, 2.24) is 19.7 Å². The summed E-state index contributed by atoms with van der Waals surface area (Å²) >= 11 is 0. The SMILES string of the molecule is CCc1ncnc(N(C)Cc2cn(C)nc2C(C)C)c1F. The number of nitrogens with zero attached hydrogens (tertiary/aromatic N) is 5. The molecule has 0 saturated carbocycles. The molecule has 0 aromatic carbocycles. The van der Waals surface area contributed by atoms with Crippen molar-refractivity contribution < 1.29 is 4.39 Å². The van der Waals surface area contributed by atoms with E-state index in [4.69, 9.17) is 0 Å². The van der Waals surface area contributed by atoms with Crippen LogP contribution in [0.4, 0.5) is 10.2 Å². The highest BCUT2D eigenvalue weighted by molar-refractivity contribution is 5.41. The smallest absolute Gasteiger partial charge is 0.187 e. The number of hydrogen-bond donors (Lipinski definition) is 0. The van der Waals surface area contributed by atoms with Crippen LogP contribution in [0.3, 0.4) is 0 Å². The summed E-state index contributed by atoms with van der Waals surface area (Å²) in [5.74, 6) is 0.328. The molecule has 0 aliphatic carbocycles. The predicted molar refractivity (Wildman–Crippen MR) is 80.8 cm³/mol. The third kappa shape index (κ3) is 3.20. The molecular formula is C15H22FN5. The zero-order chi connectivity index (χ0) is 15.6. The summed E-state index contributed by atoms with van der Waals surface area (Å²) in [6.45, 7) is 6.66. The van der Waals surface area contributed by atoms with Gasteiger partial charge in [-0.1, -0.05) is 20.8 Å². The molecular weight excluding hydrogens is 269 g/mol. The van der Waals surface area contributed by atoms with E-state index in [1.165, 1.54) is 6.33 Å². The Kier molecular flexibility index (Phi) is 4.55. The summed E-state index contributed by atoms with van der Waals surface area (Å²) in [5, 5.41) is 4.48. The average molecular weight is 291 g/mol. The summed E-state index contributed by atoms with van der Waals surface area (Å²) in [7, 11) is 3.73. The van der Waals surface area contributed by atoms with Crippen LogP contribution in [0, 0.1) is 5.82 Å². The Bertz CT molecular complexity index is 621. The van der Waals surface area contributed by atoms with Crippen LogP contribution in [0.1, 0.15) is 43.6 Å². The number of aryl methyl sites for hydroxylation is 2. The van der Waals surface area contributed by atoms with Crippen molar-refractivity contribution in [2.24, 2.45) is 7.05 Å². The maximum Gasteiger partial charge on any atom is 0.187 e. The lowest BCUT2D eigenvalue weighted by Crippen LogP contribution is -2.21. The second-order valence-electron chi connectivity index (χ2n) is 5.54. The van der Waals surface area contributed by atoms with Gasteiger partial charge >= 0.3 is 0 Å². The molecule has 2 rings (SSSR count). The molecule has 0 saturated heterocycles. The molecule has 0 atom stereocenters. The normalized spacial score (nSPS) is 11.2. The largest absolute Gasteiger partial charge is 0.353 e. The zero-order valence-corrected chi connectivity index (χ0v) is 13.3. The molecule has 0 spiro atoms. The fourth-order valence-electron chi connectivity index (χ4n) is 2.40. The molecule has 5 nitrogen and oxygen atoms in total. The minimum atomic E-state index is -0.336. The van der Waals surface area contributed by atoms with E-state index in [0.717, 1.165) is 11.3 Å².